The Hall–Kier alpha value is -1.63. The molecule has 14 heavy (non-hydrogen) atoms. The Morgan fingerprint density at radius 2 is 2.14 bits per heavy atom. The van der Waals surface area contributed by atoms with E-state index in [0.29, 0.717) is 0 Å². The second kappa shape index (κ2) is 6.84. The molecule has 0 fully saturated rings. The summed E-state index contributed by atoms with van der Waals surface area (Å²) in [6.45, 7) is 1.62. The van der Waals surface area contributed by atoms with E-state index < -0.39 is 24.5 Å². The van der Waals surface area contributed by atoms with Gasteiger partial charge >= 0.3 is 11.9 Å². The van der Waals surface area contributed by atoms with Crippen molar-refractivity contribution < 1.29 is 29.6 Å². The van der Waals surface area contributed by atoms with Gasteiger partial charge in [0, 0.05) is 0 Å². The zero-order valence-electron chi connectivity index (χ0n) is 7.29. The van der Waals surface area contributed by atoms with Crippen LogP contribution in [0, 0.1) is 0 Å². The molecule has 0 aromatic heterocycles. The van der Waals surface area contributed by atoms with Crippen molar-refractivity contribution >= 4 is 18.3 Å². The average Bonchev–Trinajstić information content (AvgIpc) is 2.59. The van der Waals surface area contributed by atoms with Crippen molar-refractivity contribution in [3.05, 3.63) is 0 Å². The highest BCUT2D eigenvalue weighted by atomic mass is 16.5. The molecule has 3 N–H and O–H groups in total. The van der Waals surface area contributed by atoms with Gasteiger partial charge in [0.25, 0.3) is 0 Å². The van der Waals surface area contributed by atoms with Gasteiger partial charge in [0.1, 0.15) is 6.61 Å². The third-order valence-electron chi connectivity index (χ3n) is 1.14. The Balaban J connectivity index is 0.000000280. The molecule has 1 unspecified atom stereocenters. The number of aliphatic imine (C=N–C) groups is 1. The molecule has 7 heteroatoms. The zero-order chi connectivity index (χ0) is 11.0. The molecule has 0 aliphatic carbocycles. The van der Waals surface area contributed by atoms with Crippen molar-refractivity contribution in [2.24, 2.45) is 4.99 Å². The fraction of sp³-hybridized carbons (Fsp3) is 0.571. The summed E-state index contributed by atoms with van der Waals surface area (Å²) in [5.74, 6) is -2.85. The van der Waals surface area contributed by atoms with Gasteiger partial charge in [-0.15, -0.1) is 0 Å². The summed E-state index contributed by atoms with van der Waals surface area (Å²) in [5, 5.41) is 24.1. The van der Waals surface area contributed by atoms with Crippen LogP contribution in [-0.4, -0.2) is 52.9 Å². The van der Waals surface area contributed by atoms with Gasteiger partial charge in [-0.3, -0.25) is 9.79 Å². The molecule has 0 bridgehead atoms. The number of carbonyl (C=O) groups is 2. The fourth-order valence-electron chi connectivity index (χ4n) is 0.516. The molecule has 0 amide bonds. The van der Waals surface area contributed by atoms with E-state index in [0.717, 1.165) is 13.2 Å². The second-order valence-corrected chi connectivity index (χ2v) is 2.33. The predicted molar refractivity (Wildman–Crippen MR) is 45.2 cm³/mol. The summed E-state index contributed by atoms with van der Waals surface area (Å²) >= 11 is 0. The average molecular weight is 205 g/mol. The number of carboxylic acid groups (broad SMARTS) is 2. The first kappa shape index (κ1) is 12.4. The molecule has 80 valence electrons. The van der Waals surface area contributed by atoms with Gasteiger partial charge in [0.15, 0.2) is 12.5 Å². The maximum Gasteiger partial charge on any atom is 0.333 e. The number of hydrogen-bond acceptors (Lipinski definition) is 5. The van der Waals surface area contributed by atoms with Crippen LogP contribution in [0.3, 0.4) is 0 Å². The van der Waals surface area contributed by atoms with Crippen LogP contribution in [0.1, 0.15) is 6.42 Å². The van der Waals surface area contributed by atoms with Gasteiger partial charge in [-0.25, -0.2) is 4.79 Å². The molecule has 0 saturated heterocycles. The summed E-state index contributed by atoms with van der Waals surface area (Å²) < 4.78 is 4.65. The van der Waals surface area contributed by atoms with E-state index in [1.165, 1.54) is 6.40 Å². The molecule has 0 aromatic carbocycles. The van der Waals surface area contributed by atoms with Crippen molar-refractivity contribution in [2.45, 2.75) is 12.5 Å². The van der Waals surface area contributed by atoms with Crippen LogP contribution in [0.15, 0.2) is 4.99 Å². The first-order valence-corrected chi connectivity index (χ1v) is 3.76. The van der Waals surface area contributed by atoms with E-state index in [2.05, 4.69) is 9.73 Å². The number of nitrogens with zero attached hydrogens (tertiary/aromatic N) is 1. The van der Waals surface area contributed by atoms with Crippen molar-refractivity contribution in [1.29, 1.82) is 0 Å². The van der Waals surface area contributed by atoms with Crippen LogP contribution in [0.5, 0.6) is 0 Å². The quantitative estimate of drug-likeness (QED) is 0.541. The summed E-state index contributed by atoms with van der Waals surface area (Å²) in [6.07, 6.45) is -1.06. The lowest BCUT2D eigenvalue weighted by Crippen LogP contribution is -2.22. The Morgan fingerprint density at radius 3 is 2.29 bits per heavy atom. The fourth-order valence-corrected chi connectivity index (χ4v) is 0.516. The standard InChI is InChI=1S/C4H6O5.C3H5NO/c5-2(4(8)9)1-3(6)7;1-2-5-3-4-1/h2,5H,1H2,(H,6,7)(H,8,9);3H,1-2H2. The lowest BCUT2D eigenvalue weighted by molar-refractivity contribution is -0.152. The molecular formula is C7H11NO6. The molecule has 0 saturated carbocycles. The van der Waals surface area contributed by atoms with Crippen molar-refractivity contribution in [3.8, 4) is 0 Å². The third kappa shape index (κ3) is 7.04. The Bertz CT molecular complexity index is 220. The Morgan fingerprint density at radius 1 is 1.50 bits per heavy atom. The first-order chi connectivity index (χ1) is 6.54. The van der Waals surface area contributed by atoms with Crippen LogP contribution in [-0.2, 0) is 14.3 Å². The molecule has 1 rings (SSSR count). The maximum absolute atomic E-state index is 9.72. The van der Waals surface area contributed by atoms with Gasteiger partial charge in [-0.2, -0.15) is 0 Å². The molecule has 0 radical (unpaired) electrons. The van der Waals surface area contributed by atoms with Crippen LogP contribution < -0.4 is 0 Å². The third-order valence-corrected chi connectivity index (χ3v) is 1.14. The number of aliphatic hydroxyl groups is 1. The van der Waals surface area contributed by atoms with Crippen molar-refractivity contribution in [1.82, 2.24) is 0 Å². The number of aliphatic carboxylic acids is 2. The number of carboxylic acids is 2. The van der Waals surface area contributed by atoms with Gasteiger partial charge in [-0.05, 0) is 0 Å². The van der Waals surface area contributed by atoms with Gasteiger partial charge < -0.3 is 20.1 Å². The molecule has 1 aliphatic heterocycles. The van der Waals surface area contributed by atoms with E-state index in [9.17, 15) is 9.59 Å². The maximum atomic E-state index is 9.72. The highest BCUT2D eigenvalue weighted by Gasteiger charge is 2.16. The topological polar surface area (TPSA) is 116 Å². The van der Waals surface area contributed by atoms with Gasteiger partial charge in [0.05, 0.1) is 13.0 Å². The SMILES string of the molecule is C1=NCCO1.O=C(O)CC(O)C(=O)O. The van der Waals surface area contributed by atoms with Crippen LogP contribution in [0.25, 0.3) is 0 Å². The van der Waals surface area contributed by atoms with Crippen LogP contribution in [0.2, 0.25) is 0 Å². The number of aliphatic hydroxyl groups excluding tert-OH is 1. The minimum atomic E-state index is -1.79. The number of ether oxygens (including phenoxy) is 1. The minimum Gasteiger partial charge on any atom is -0.482 e. The van der Waals surface area contributed by atoms with E-state index in [-0.39, 0.29) is 0 Å². The van der Waals surface area contributed by atoms with E-state index in [4.69, 9.17) is 15.3 Å². The molecule has 1 atom stereocenters. The normalized spacial score (nSPS) is 14.9. The Kier molecular flexibility index (Phi) is 6.04. The number of rotatable bonds is 3. The van der Waals surface area contributed by atoms with Crippen LogP contribution in [0.4, 0.5) is 0 Å². The lowest BCUT2D eigenvalue weighted by Gasteiger charge is -1.97. The van der Waals surface area contributed by atoms with Crippen molar-refractivity contribution in [3.63, 3.8) is 0 Å². The molecule has 7 nitrogen and oxygen atoms in total. The molecular weight excluding hydrogens is 194 g/mol. The molecule has 1 heterocycles. The summed E-state index contributed by atoms with van der Waals surface area (Å²) in [6, 6.07) is 0. The largest absolute Gasteiger partial charge is 0.482 e. The molecule has 1 aliphatic rings. The smallest absolute Gasteiger partial charge is 0.333 e. The number of hydrogen-bond donors (Lipinski definition) is 3. The van der Waals surface area contributed by atoms with Crippen molar-refractivity contribution in [2.75, 3.05) is 13.2 Å². The first-order valence-electron chi connectivity index (χ1n) is 3.76. The van der Waals surface area contributed by atoms with E-state index in [1.54, 1.807) is 0 Å². The van der Waals surface area contributed by atoms with E-state index >= 15 is 0 Å². The molecule has 0 aromatic rings. The zero-order valence-corrected chi connectivity index (χ0v) is 7.29. The van der Waals surface area contributed by atoms with Gasteiger partial charge in [0.2, 0.25) is 0 Å². The minimum absolute atomic E-state index is 0.755. The monoisotopic (exact) mass is 205 g/mol. The van der Waals surface area contributed by atoms with Gasteiger partial charge in [-0.1, -0.05) is 0 Å². The van der Waals surface area contributed by atoms with E-state index in [1.807, 2.05) is 0 Å². The predicted octanol–water partition coefficient (Wildman–Crippen LogP) is -1.05. The second-order valence-electron chi connectivity index (χ2n) is 2.33. The molecule has 0 spiro atoms. The highest BCUT2D eigenvalue weighted by molar-refractivity contribution is 5.79. The summed E-state index contributed by atoms with van der Waals surface area (Å²) in [5.41, 5.74) is 0. The lowest BCUT2D eigenvalue weighted by atomic mass is 10.3. The summed E-state index contributed by atoms with van der Waals surface area (Å²) in [4.78, 5) is 23.1. The highest BCUT2D eigenvalue weighted by Crippen LogP contribution is 1.89. The Labute approximate surface area is 79.6 Å². The van der Waals surface area contributed by atoms with Crippen LogP contribution >= 0.6 is 0 Å². The summed E-state index contributed by atoms with van der Waals surface area (Å²) in [7, 11) is 0.